The Morgan fingerprint density at radius 2 is 1.67 bits per heavy atom. The molecule has 0 unspecified atom stereocenters. The maximum Gasteiger partial charge on any atom is 0.230 e. The van der Waals surface area contributed by atoms with Gasteiger partial charge in [-0.1, -0.05) is 77.2 Å². The van der Waals surface area contributed by atoms with Crippen LogP contribution in [0.4, 0.5) is 5.88 Å². The summed E-state index contributed by atoms with van der Waals surface area (Å²) in [7, 11) is 0. The lowest BCUT2D eigenvalue weighted by atomic mass is 10.0. The van der Waals surface area contributed by atoms with Crippen LogP contribution in [0, 0.1) is 0 Å². The second kappa shape index (κ2) is 5.94. The van der Waals surface area contributed by atoms with Gasteiger partial charge in [-0.25, -0.2) is 0 Å². The van der Waals surface area contributed by atoms with Crippen molar-refractivity contribution in [1.29, 1.82) is 0 Å². The van der Waals surface area contributed by atoms with Crippen LogP contribution in [0.1, 0.15) is 0 Å². The van der Waals surface area contributed by atoms with Crippen LogP contribution in [0.3, 0.4) is 0 Å². The van der Waals surface area contributed by atoms with Crippen LogP contribution in [-0.4, -0.2) is 5.16 Å². The largest absolute Gasteiger partial charge is 0.367 e. The van der Waals surface area contributed by atoms with Gasteiger partial charge in [-0.05, 0) is 18.2 Å². The first-order valence-corrected chi connectivity index (χ1v) is 8.41. The van der Waals surface area contributed by atoms with Crippen LogP contribution < -0.4 is 5.73 Å². The van der Waals surface area contributed by atoms with Gasteiger partial charge in [-0.15, -0.1) is 0 Å². The minimum atomic E-state index is 0.298. The van der Waals surface area contributed by atoms with Gasteiger partial charge < -0.3 is 10.3 Å². The molecule has 0 radical (unpaired) electrons. The van der Waals surface area contributed by atoms with E-state index in [1.54, 1.807) is 0 Å². The highest BCUT2D eigenvalue weighted by atomic mass is 79.9. The van der Waals surface area contributed by atoms with Crippen LogP contribution in [0.2, 0.25) is 0 Å². The van der Waals surface area contributed by atoms with Crippen LogP contribution in [-0.2, 0) is 0 Å². The molecule has 3 rings (SSSR count). The Morgan fingerprint density at radius 1 is 0.905 bits per heavy atom. The van der Waals surface area contributed by atoms with E-state index in [4.69, 9.17) is 10.3 Å². The standard InChI is InChI=1S/C15H9Br3N2O/c16-8-5-6-10(12(18)7-8)14-13(15(19)21-20-14)9-3-1-2-4-11(9)17/h1-7H,19H2. The quantitative estimate of drug-likeness (QED) is 0.507. The molecule has 0 aliphatic carbocycles. The number of anilines is 1. The molecule has 0 amide bonds. The van der Waals surface area contributed by atoms with E-state index in [2.05, 4.69) is 52.9 Å². The Bertz CT molecular complexity index is 814. The molecule has 6 heteroatoms. The number of hydrogen-bond acceptors (Lipinski definition) is 3. The van der Waals surface area contributed by atoms with Crippen molar-refractivity contribution in [2.75, 3.05) is 5.73 Å². The van der Waals surface area contributed by atoms with Crippen molar-refractivity contribution in [1.82, 2.24) is 5.16 Å². The molecule has 3 nitrogen and oxygen atoms in total. The molecule has 0 fully saturated rings. The Morgan fingerprint density at radius 3 is 2.38 bits per heavy atom. The van der Waals surface area contributed by atoms with Gasteiger partial charge in [0.05, 0.1) is 5.56 Å². The van der Waals surface area contributed by atoms with Crippen molar-refractivity contribution >= 4 is 53.7 Å². The molecule has 0 spiro atoms. The van der Waals surface area contributed by atoms with E-state index < -0.39 is 0 Å². The predicted molar refractivity (Wildman–Crippen MR) is 94.9 cm³/mol. The molecule has 0 aliphatic rings. The summed E-state index contributed by atoms with van der Waals surface area (Å²) >= 11 is 10.5. The van der Waals surface area contributed by atoms with Crippen molar-refractivity contribution in [3.05, 3.63) is 55.9 Å². The summed E-state index contributed by atoms with van der Waals surface area (Å²) in [4.78, 5) is 0. The molecule has 0 bridgehead atoms. The minimum Gasteiger partial charge on any atom is -0.367 e. The SMILES string of the molecule is Nc1onc(-c2ccc(Br)cc2Br)c1-c1ccccc1Br. The molecular weight excluding hydrogens is 464 g/mol. The number of rotatable bonds is 2. The molecule has 1 heterocycles. The van der Waals surface area contributed by atoms with Gasteiger partial charge in [0, 0.05) is 24.5 Å². The molecule has 21 heavy (non-hydrogen) atoms. The molecule has 1 aromatic heterocycles. The van der Waals surface area contributed by atoms with Crippen LogP contribution in [0.25, 0.3) is 22.4 Å². The maximum absolute atomic E-state index is 5.99. The fraction of sp³-hybridized carbons (Fsp3) is 0. The molecule has 0 aliphatic heterocycles. The average molecular weight is 473 g/mol. The van der Waals surface area contributed by atoms with Crippen LogP contribution >= 0.6 is 47.8 Å². The lowest BCUT2D eigenvalue weighted by molar-refractivity contribution is 0.439. The zero-order valence-electron chi connectivity index (χ0n) is 10.6. The van der Waals surface area contributed by atoms with Gasteiger partial charge in [0.15, 0.2) is 0 Å². The van der Waals surface area contributed by atoms with E-state index in [0.717, 1.165) is 30.1 Å². The van der Waals surface area contributed by atoms with Crippen molar-refractivity contribution in [2.24, 2.45) is 0 Å². The molecule has 0 saturated carbocycles. The normalized spacial score (nSPS) is 10.8. The predicted octanol–water partition coefficient (Wildman–Crippen LogP) is 5.88. The van der Waals surface area contributed by atoms with E-state index in [9.17, 15) is 0 Å². The molecule has 2 aromatic carbocycles. The Kier molecular flexibility index (Phi) is 4.19. The molecule has 3 aromatic rings. The molecule has 0 atom stereocenters. The first-order valence-electron chi connectivity index (χ1n) is 6.03. The van der Waals surface area contributed by atoms with Crippen LogP contribution in [0.15, 0.2) is 60.4 Å². The summed E-state index contributed by atoms with van der Waals surface area (Å²) in [5, 5.41) is 4.13. The lowest BCUT2D eigenvalue weighted by Crippen LogP contribution is -1.89. The summed E-state index contributed by atoms with van der Waals surface area (Å²) < 4.78 is 8.06. The number of hydrogen-bond donors (Lipinski definition) is 1. The monoisotopic (exact) mass is 470 g/mol. The third kappa shape index (κ3) is 2.80. The topological polar surface area (TPSA) is 52.0 Å². The molecular formula is C15H9Br3N2O. The van der Waals surface area contributed by atoms with Gasteiger partial charge in [0.2, 0.25) is 5.88 Å². The van der Waals surface area contributed by atoms with Crippen LogP contribution in [0.5, 0.6) is 0 Å². The number of nitrogen functional groups attached to an aromatic ring is 1. The maximum atomic E-state index is 5.99. The highest BCUT2D eigenvalue weighted by molar-refractivity contribution is 9.11. The zero-order chi connectivity index (χ0) is 15.0. The van der Waals surface area contributed by atoms with E-state index in [0.29, 0.717) is 11.6 Å². The van der Waals surface area contributed by atoms with Gasteiger partial charge >= 0.3 is 0 Å². The molecule has 2 N–H and O–H groups in total. The minimum absolute atomic E-state index is 0.298. The Labute approximate surface area is 146 Å². The number of halogens is 3. The third-order valence-corrected chi connectivity index (χ3v) is 4.89. The number of benzene rings is 2. The van der Waals surface area contributed by atoms with Gasteiger partial charge in [-0.2, -0.15) is 0 Å². The van der Waals surface area contributed by atoms with Crippen molar-refractivity contribution in [3.63, 3.8) is 0 Å². The summed E-state index contributed by atoms with van der Waals surface area (Å²) in [6.45, 7) is 0. The fourth-order valence-corrected chi connectivity index (χ4v) is 3.81. The average Bonchev–Trinajstić information content (AvgIpc) is 2.81. The van der Waals surface area contributed by atoms with Crippen molar-refractivity contribution in [3.8, 4) is 22.4 Å². The number of nitrogens with zero attached hydrogens (tertiary/aromatic N) is 1. The highest BCUT2D eigenvalue weighted by Gasteiger charge is 2.20. The summed E-state index contributed by atoms with van der Waals surface area (Å²) in [6.07, 6.45) is 0. The molecule has 106 valence electrons. The third-order valence-electron chi connectivity index (χ3n) is 3.05. The van der Waals surface area contributed by atoms with Gasteiger partial charge in [-0.3, -0.25) is 0 Å². The molecule has 0 saturated heterocycles. The Hall–Kier alpha value is -1.11. The second-order valence-corrected chi connectivity index (χ2v) is 7.00. The summed E-state index contributed by atoms with van der Waals surface area (Å²) in [6, 6.07) is 13.7. The van der Waals surface area contributed by atoms with Gasteiger partial charge in [0.1, 0.15) is 5.69 Å². The van der Waals surface area contributed by atoms with E-state index in [-0.39, 0.29) is 0 Å². The van der Waals surface area contributed by atoms with E-state index in [1.807, 2.05) is 42.5 Å². The Balaban J connectivity index is 2.25. The van der Waals surface area contributed by atoms with Crippen molar-refractivity contribution in [2.45, 2.75) is 0 Å². The summed E-state index contributed by atoms with van der Waals surface area (Å²) in [5.74, 6) is 0.298. The van der Waals surface area contributed by atoms with Gasteiger partial charge in [0.25, 0.3) is 0 Å². The first kappa shape index (κ1) is 14.8. The van der Waals surface area contributed by atoms with E-state index in [1.165, 1.54) is 0 Å². The smallest absolute Gasteiger partial charge is 0.230 e. The fourth-order valence-electron chi connectivity index (χ4n) is 2.09. The highest BCUT2D eigenvalue weighted by Crippen LogP contribution is 2.42. The zero-order valence-corrected chi connectivity index (χ0v) is 15.4. The summed E-state index contributed by atoms with van der Waals surface area (Å²) in [5.41, 5.74) is 9.34. The van der Waals surface area contributed by atoms with Crippen molar-refractivity contribution < 1.29 is 4.52 Å². The number of aromatic nitrogens is 1. The second-order valence-electron chi connectivity index (χ2n) is 4.37. The van der Waals surface area contributed by atoms with E-state index >= 15 is 0 Å². The first-order chi connectivity index (χ1) is 10.1. The lowest BCUT2D eigenvalue weighted by Gasteiger charge is -2.07. The number of nitrogens with two attached hydrogens (primary N) is 1.